The third kappa shape index (κ3) is 3.76. The maximum Gasteiger partial charge on any atom is 0.133 e. The van der Waals surface area contributed by atoms with Gasteiger partial charge in [-0.1, -0.05) is 38.2 Å². The van der Waals surface area contributed by atoms with E-state index in [1.54, 1.807) is 7.11 Å². The Hall–Kier alpha value is -1.01. The smallest absolute Gasteiger partial charge is 0.133 e. The maximum atomic E-state index is 9.70. The molecule has 1 aromatic rings. The van der Waals surface area contributed by atoms with Crippen molar-refractivity contribution in [3.63, 3.8) is 0 Å². The van der Waals surface area contributed by atoms with Crippen LogP contribution in [0.15, 0.2) is 22.7 Å². The molecule has 0 aromatic heterocycles. The molecule has 1 saturated carbocycles. The summed E-state index contributed by atoms with van der Waals surface area (Å²) in [5.74, 6) is 0.845. The van der Waals surface area contributed by atoms with Crippen LogP contribution in [0.1, 0.15) is 50.5 Å². The second-order valence-corrected chi connectivity index (χ2v) is 6.66. The predicted octanol–water partition coefficient (Wildman–Crippen LogP) is 5.25. The summed E-state index contributed by atoms with van der Waals surface area (Å²) in [4.78, 5) is 0. The molecule has 1 aliphatic carbocycles. The van der Waals surface area contributed by atoms with Crippen molar-refractivity contribution in [3.8, 4) is 11.8 Å². The molecule has 108 valence electrons. The standard InChI is InChI=1S/C17H22BrNO/c1-20-16-8-7-14(11-15(16)18)12-17(13-19)9-5-3-2-4-6-10-17/h7-8,11H,2-6,9-10,12H2,1H3. The summed E-state index contributed by atoms with van der Waals surface area (Å²) in [6.45, 7) is 0. The molecule has 0 saturated heterocycles. The van der Waals surface area contributed by atoms with Crippen LogP contribution in [0.4, 0.5) is 0 Å². The minimum Gasteiger partial charge on any atom is -0.496 e. The molecule has 0 radical (unpaired) electrons. The van der Waals surface area contributed by atoms with E-state index in [1.165, 1.54) is 37.7 Å². The van der Waals surface area contributed by atoms with E-state index in [0.29, 0.717) is 0 Å². The van der Waals surface area contributed by atoms with Crippen LogP contribution in [0.25, 0.3) is 0 Å². The van der Waals surface area contributed by atoms with Gasteiger partial charge in [-0.05, 0) is 52.9 Å². The first-order chi connectivity index (χ1) is 9.69. The second-order valence-electron chi connectivity index (χ2n) is 5.81. The van der Waals surface area contributed by atoms with Gasteiger partial charge in [0.2, 0.25) is 0 Å². The topological polar surface area (TPSA) is 33.0 Å². The zero-order chi connectivity index (χ0) is 14.4. The van der Waals surface area contributed by atoms with E-state index >= 15 is 0 Å². The SMILES string of the molecule is COc1ccc(CC2(C#N)CCCCCCC2)cc1Br. The van der Waals surface area contributed by atoms with Gasteiger partial charge in [0, 0.05) is 0 Å². The normalized spacial score (nSPS) is 18.6. The minimum atomic E-state index is -0.172. The minimum absolute atomic E-state index is 0.172. The van der Waals surface area contributed by atoms with Crippen molar-refractivity contribution in [2.24, 2.45) is 5.41 Å². The van der Waals surface area contributed by atoms with Gasteiger partial charge in [0.05, 0.1) is 23.1 Å². The highest BCUT2D eigenvalue weighted by Gasteiger charge is 2.30. The maximum absolute atomic E-state index is 9.70. The molecule has 0 atom stereocenters. The summed E-state index contributed by atoms with van der Waals surface area (Å²) >= 11 is 3.53. The number of benzene rings is 1. The first kappa shape index (κ1) is 15.4. The highest BCUT2D eigenvalue weighted by atomic mass is 79.9. The van der Waals surface area contributed by atoms with Gasteiger partial charge < -0.3 is 4.74 Å². The van der Waals surface area contributed by atoms with Gasteiger partial charge in [-0.2, -0.15) is 5.26 Å². The van der Waals surface area contributed by atoms with E-state index in [1.807, 2.05) is 6.07 Å². The summed E-state index contributed by atoms with van der Waals surface area (Å²) in [5, 5.41) is 9.70. The zero-order valence-electron chi connectivity index (χ0n) is 12.1. The molecule has 0 spiro atoms. The van der Waals surface area contributed by atoms with Crippen molar-refractivity contribution in [2.45, 2.75) is 51.4 Å². The molecule has 1 aromatic carbocycles. The molecule has 1 fully saturated rings. The summed E-state index contributed by atoms with van der Waals surface area (Å²) in [6.07, 6.45) is 9.17. The molecule has 20 heavy (non-hydrogen) atoms. The van der Waals surface area contributed by atoms with E-state index < -0.39 is 0 Å². The fraction of sp³-hybridized carbons (Fsp3) is 0.588. The van der Waals surface area contributed by atoms with Crippen molar-refractivity contribution in [2.75, 3.05) is 7.11 Å². The predicted molar refractivity (Wildman–Crippen MR) is 84.8 cm³/mol. The first-order valence-electron chi connectivity index (χ1n) is 7.43. The molecule has 0 amide bonds. The average Bonchev–Trinajstić information content (AvgIpc) is 2.42. The lowest BCUT2D eigenvalue weighted by molar-refractivity contribution is 0.287. The highest BCUT2D eigenvalue weighted by Crippen LogP contribution is 2.38. The largest absolute Gasteiger partial charge is 0.496 e. The van der Waals surface area contributed by atoms with Gasteiger partial charge in [0.25, 0.3) is 0 Å². The Bertz CT molecular complexity index is 484. The van der Waals surface area contributed by atoms with Crippen LogP contribution in [0.5, 0.6) is 5.75 Å². The Labute approximate surface area is 130 Å². The third-order valence-corrected chi connectivity index (χ3v) is 4.93. The van der Waals surface area contributed by atoms with Crippen LogP contribution in [-0.2, 0) is 6.42 Å². The van der Waals surface area contributed by atoms with Crippen LogP contribution in [0, 0.1) is 16.7 Å². The number of rotatable bonds is 3. The Morgan fingerprint density at radius 2 is 1.85 bits per heavy atom. The number of methoxy groups -OCH3 is 1. The molecule has 0 N–H and O–H groups in total. The van der Waals surface area contributed by atoms with Gasteiger partial charge in [0.15, 0.2) is 0 Å². The lowest BCUT2D eigenvalue weighted by Crippen LogP contribution is -2.23. The number of ether oxygens (including phenoxy) is 1. The third-order valence-electron chi connectivity index (χ3n) is 4.31. The van der Waals surface area contributed by atoms with E-state index in [4.69, 9.17) is 4.74 Å². The molecular formula is C17H22BrNO. The van der Waals surface area contributed by atoms with Crippen LogP contribution in [0.2, 0.25) is 0 Å². The molecule has 0 heterocycles. The van der Waals surface area contributed by atoms with E-state index in [0.717, 1.165) is 29.5 Å². The quantitative estimate of drug-likeness (QED) is 0.755. The Morgan fingerprint density at radius 3 is 2.40 bits per heavy atom. The number of hydrogen-bond donors (Lipinski definition) is 0. The fourth-order valence-electron chi connectivity index (χ4n) is 3.12. The molecule has 3 heteroatoms. The zero-order valence-corrected chi connectivity index (χ0v) is 13.7. The van der Waals surface area contributed by atoms with Crippen molar-refractivity contribution >= 4 is 15.9 Å². The molecule has 0 bridgehead atoms. The van der Waals surface area contributed by atoms with Gasteiger partial charge in [-0.25, -0.2) is 0 Å². The van der Waals surface area contributed by atoms with E-state index in [-0.39, 0.29) is 5.41 Å². The molecular weight excluding hydrogens is 314 g/mol. The van der Waals surface area contributed by atoms with E-state index in [9.17, 15) is 5.26 Å². The number of halogens is 1. The molecule has 2 nitrogen and oxygen atoms in total. The Balaban J connectivity index is 2.16. The van der Waals surface area contributed by atoms with Crippen LogP contribution in [0.3, 0.4) is 0 Å². The van der Waals surface area contributed by atoms with Gasteiger partial charge in [0.1, 0.15) is 5.75 Å². The summed E-state index contributed by atoms with van der Waals surface area (Å²) in [7, 11) is 1.67. The van der Waals surface area contributed by atoms with Crippen LogP contribution < -0.4 is 4.74 Å². The molecule has 0 aliphatic heterocycles. The first-order valence-corrected chi connectivity index (χ1v) is 8.22. The Morgan fingerprint density at radius 1 is 1.20 bits per heavy atom. The fourth-order valence-corrected chi connectivity index (χ4v) is 3.71. The lowest BCUT2D eigenvalue weighted by atomic mass is 9.73. The molecule has 1 aliphatic rings. The second kappa shape index (κ2) is 7.13. The summed E-state index contributed by atoms with van der Waals surface area (Å²) in [5.41, 5.74) is 1.05. The lowest BCUT2D eigenvalue weighted by Gasteiger charge is -2.29. The molecule has 0 unspecified atom stereocenters. The van der Waals surface area contributed by atoms with Gasteiger partial charge >= 0.3 is 0 Å². The monoisotopic (exact) mass is 335 g/mol. The number of hydrogen-bond acceptors (Lipinski definition) is 2. The van der Waals surface area contributed by atoms with Crippen molar-refractivity contribution in [1.82, 2.24) is 0 Å². The number of nitriles is 1. The van der Waals surface area contributed by atoms with Crippen molar-refractivity contribution in [1.29, 1.82) is 5.26 Å². The van der Waals surface area contributed by atoms with Crippen LogP contribution >= 0.6 is 15.9 Å². The highest BCUT2D eigenvalue weighted by molar-refractivity contribution is 9.10. The molecule has 2 rings (SSSR count). The average molecular weight is 336 g/mol. The summed E-state index contributed by atoms with van der Waals surface area (Å²) < 4.78 is 6.23. The number of nitrogens with zero attached hydrogens (tertiary/aromatic N) is 1. The van der Waals surface area contributed by atoms with Gasteiger partial charge in [-0.15, -0.1) is 0 Å². The van der Waals surface area contributed by atoms with E-state index in [2.05, 4.69) is 34.1 Å². The Kier molecular flexibility index (Phi) is 5.48. The van der Waals surface area contributed by atoms with Crippen molar-refractivity contribution < 1.29 is 4.74 Å². The van der Waals surface area contributed by atoms with Crippen LogP contribution in [-0.4, -0.2) is 7.11 Å². The summed E-state index contributed by atoms with van der Waals surface area (Å²) in [6, 6.07) is 8.79. The van der Waals surface area contributed by atoms with Gasteiger partial charge in [-0.3, -0.25) is 0 Å². The van der Waals surface area contributed by atoms with Crippen molar-refractivity contribution in [3.05, 3.63) is 28.2 Å².